The highest BCUT2D eigenvalue weighted by atomic mass is 79.9. The van der Waals surface area contributed by atoms with Gasteiger partial charge >= 0.3 is 0 Å². The quantitative estimate of drug-likeness (QED) is 0.587. The first-order valence-corrected chi connectivity index (χ1v) is 6.42. The molecule has 0 aromatic heterocycles. The van der Waals surface area contributed by atoms with Crippen LogP contribution in [0.25, 0.3) is 0 Å². The number of phenols is 1. The molecule has 98 valence electrons. The van der Waals surface area contributed by atoms with Crippen molar-refractivity contribution < 1.29 is 9.90 Å². The second-order valence-electron chi connectivity index (χ2n) is 4.19. The van der Waals surface area contributed by atoms with Gasteiger partial charge in [-0.2, -0.15) is 0 Å². The molecule has 5 heteroatoms. The molecule has 0 heterocycles. The SMILES string of the molecule is Cc1cc(NC(=O)c2ccc(Br)c(N)c2)ccc1O. The van der Waals surface area contributed by atoms with Crippen molar-refractivity contribution >= 4 is 33.2 Å². The van der Waals surface area contributed by atoms with Gasteiger partial charge in [-0.3, -0.25) is 4.79 Å². The van der Waals surface area contributed by atoms with E-state index in [-0.39, 0.29) is 11.7 Å². The first-order valence-electron chi connectivity index (χ1n) is 5.63. The van der Waals surface area contributed by atoms with Crippen molar-refractivity contribution in [2.75, 3.05) is 11.1 Å². The molecule has 0 aliphatic carbocycles. The number of nitrogens with two attached hydrogens (primary N) is 1. The van der Waals surface area contributed by atoms with Gasteiger partial charge in [-0.25, -0.2) is 0 Å². The summed E-state index contributed by atoms with van der Waals surface area (Å²) in [5.41, 5.74) is 8.05. The first kappa shape index (κ1) is 13.4. The molecule has 0 aliphatic heterocycles. The largest absolute Gasteiger partial charge is 0.508 e. The van der Waals surface area contributed by atoms with E-state index in [1.165, 1.54) is 0 Å². The summed E-state index contributed by atoms with van der Waals surface area (Å²) < 4.78 is 0.754. The lowest BCUT2D eigenvalue weighted by Crippen LogP contribution is -2.12. The number of anilines is 2. The Morgan fingerprint density at radius 2 is 2.00 bits per heavy atom. The van der Waals surface area contributed by atoms with Crippen LogP contribution in [0.3, 0.4) is 0 Å². The highest BCUT2D eigenvalue weighted by Crippen LogP contribution is 2.23. The van der Waals surface area contributed by atoms with Gasteiger partial charge in [0, 0.05) is 21.4 Å². The summed E-state index contributed by atoms with van der Waals surface area (Å²) in [5.74, 6) is -0.0461. The Kier molecular flexibility index (Phi) is 3.76. The van der Waals surface area contributed by atoms with Gasteiger partial charge in [0.05, 0.1) is 0 Å². The van der Waals surface area contributed by atoms with Crippen molar-refractivity contribution in [1.29, 1.82) is 0 Å². The minimum absolute atomic E-state index is 0.200. The summed E-state index contributed by atoms with van der Waals surface area (Å²) in [7, 11) is 0. The summed E-state index contributed by atoms with van der Waals surface area (Å²) in [6, 6.07) is 9.90. The molecule has 0 fully saturated rings. The summed E-state index contributed by atoms with van der Waals surface area (Å²) in [6.45, 7) is 1.77. The van der Waals surface area contributed by atoms with E-state index in [9.17, 15) is 9.90 Å². The summed E-state index contributed by atoms with van der Waals surface area (Å²) >= 11 is 3.28. The Hall–Kier alpha value is -2.01. The molecule has 2 aromatic carbocycles. The number of aryl methyl sites for hydroxylation is 1. The molecule has 0 bridgehead atoms. The van der Waals surface area contributed by atoms with E-state index in [0.29, 0.717) is 22.5 Å². The smallest absolute Gasteiger partial charge is 0.255 e. The highest BCUT2D eigenvalue weighted by molar-refractivity contribution is 9.10. The monoisotopic (exact) mass is 320 g/mol. The molecule has 1 amide bonds. The van der Waals surface area contributed by atoms with Crippen molar-refractivity contribution in [2.45, 2.75) is 6.92 Å². The van der Waals surface area contributed by atoms with E-state index in [0.717, 1.165) is 4.47 Å². The number of benzene rings is 2. The van der Waals surface area contributed by atoms with E-state index < -0.39 is 0 Å². The maximum Gasteiger partial charge on any atom is 0.255 e. The van der Waals surface area contributed by atoms with Crippen molar-refractivity contribution in [3.8, 4) is 5.75 Å². The Morgan fingerprint density at radius 3 is 2.63 bits per heavy atom. The molecule has 2 rings (SSSR count). The van der Waals surface area contributed by atoms with Crippen LogP contribution in [0.5, 0.6) is 5.75 Å². The van der Waals surface area contributed by atoms with Gasteiger partial charge in [-0.15, -0.1) is 0 Å². The van der Waals surface area contributed by atoms with E-state index >= 15 is 0 Å². The van der Waals surface area contributed by atoms with Gasteiger partial charge in [0.15, 0.2) is 0 Å². The molecule has 0 atom stereocenters. The van der Waals surface area contributed by atoms with Crippen LogP contribution in [0.2, 0.25) is 0 Å². The van der Waals surface area contributed by atoms with Crippen molar-refractivity contribution in [3.05, 3.63) is 52.0 Å². The number of hydrogen-bond donors (Lipinski definition) is 3. The topological polar surface area (TPSA) is 75.4 Å². The Morgan fingerprint density at radius 1 is 1.26 bits per heavy atom. The lowest BCUT2D eigenvalue weighted by molar-refractivity contribution is 0.102. The number of hydrogen-bond acceptors (Lipinski definition) is 3. The van der Waals surface area contributed by atoms with Crippen LogP contribution >= 0.6 is 15.9 Å². The second kappa shape index (κ2) is 5.32. The number of halogens is 1. The third-order valence-corrected chi connectivity index (χ3v) is 3.44. The maximum absolute atomic E-state index is 12.0. The fourth-order valence-corrected chi connectivity index (χ4v) is 1.87. The van der Waals surface area contributed by atoms with Crippen LogP contribution in [0.15, 0.2) is 40.9 Å². The van der Waals surface area contributed by atoms with E-state index in [4.69, 9.17) is 5.73 Å². The molecule has 2 aromatic rings. The molecule has 0 unspecified atom stereocenters. The molecular formula is C14H13BrN2O2. The fourth-order valence-electron chi connectivity index (χ4n) is 1.62. The predicted molar refractivity (Wildman–Crippen MR) is 79.4 cm³/mol. The van der Waals surface area contributed by atoms with Crippen LogP contribution < -0.4 is 11.1 Å². The van der Waals surface area contributed by atoms with Gasteiger partial charge in [-0.1, -0.05) is 0 Å². The number of nitrogens with one attached hydrogen (secondary N) is 1. The van der Waals surface area contributed by atoms with Gasteiger partial charge in [0.2, 0.25) is 0 Å². The number of rotatable bonds is 2. The summed E-state index contributed by atoms with van der Waals surface area (Å²) in [5, 5.41) is 12.2. The van der Waals surface area contributed by atoms with Crippen LogP contribution in [0.4, 0.5) is 11.4 Å². The lowest BCUT2D eigenvalue weighted by Gasteiger charge is -2.08. The fraction of sp³-hybridized carbons (Fsp3) is 0.0714. The van der Waals surface area contributed by atoms with Crippen molar-refractivity contribution in [1.82, 2.24) is 0 Å². The Balaban J connectivity index is 2.20. The Bertz CT molecular complexity index is 641. The zero-order chi connectivity index (χ0) is 14.0. The molecule has 0 saturated carbocycles. The third-order valence-electron chi connectivity index (χ3n) is 2.71. The normalized spacial score (nSPS) is 10.2. The number of carbonyl (C=O) groups is 1. The second-order valence-corrected chi connectivity index (χ2v) is 5.05. The van der Waals surface area contributed by atoms with Crippen LogP contribution in [0, 0.1) is 6.92 Å². The highest BCUT2D eigenvalue weighted by Gasteiger charge is 2.08. The van der Waals surface area contributed by atoms with Crippen molar-refractivity contribution in [2.24, 2.45) is 0 Å². The molecule has 0 saturated heterocycles. The van der Waals surface area contributed by atoms with Gasteiger partial charge in [-0.05, 0) is 64.8 Å². The molecule has 0 radical (unpaired) electrons. The average Bonchev–Trinajstić information content (AvgIpc) is 2.37. The standard InChI is InChI=1S/C14H13BrN2O2/c1-8-6-10(3-5-13(8)18)17-14(19)9-2-4-11(15)12(16)7-9/h2-7,18H,16H2,1H3,(H,17,19). The average molecular weight is 321 g/mol. The zero-order valence-corrected chi connectivity index (χ0v) is 11.9. The molecule has 4 nitrogen and oxygen atoms in total. The minimum atomic E-state index is -0.246. The lowest BCUT2D eigenvalue weighted by atomic mass is 10.1. The third kappa shape index (κ3) is 3.06. The first-order chi connectivity index (χ1) is 8.97. The number of carbonyl (C=O) groups excluding carboxylic acids is 1. The molecule has 4 N–H and O–H groups in total. The zero-order valence-electron chi connectivity index (χ0n) is 10.3. The number of phenolic OH excluding ortho intramolecular Hbond substituents is 1. The van der Waals surface area contributed by atoms with Gasteiger partial charge < -0.3 is 16.2 Å². The molecule has 0 aliphatic rings. The number of nitrogen functional groups attached to an aromatic ring is 1. The summed E-state index contributed by atoms with van der Waals surface area (Å²) in [6.07, 6.45) is 0. The summed E-state index contributed by atoms with van der Waals surface area (Å²) in [4.78, 5) is 12.0. The van der Waals surface area contributed by atoms with Crippen molar-refractivity contribution in [3.63, 3.8) is 0 Å². The van der Waals surface area contributed by atoms with Gasteiger partial charge in [0.1, 0.15) is 5.75 Å². The van der Waals surface area contributed by atoms with Crippen LogP contribution in [0.1, 0.15) is 15.9 Å². The van der Waals surface area contributed by atoms with E-state index in [1.54, 1.807) is 43.3 Å². The van der Waals surface area contributed by atoms with E-state index in [2.05, 4.69) is 21.2 Å². The van der Waals surface area contributed by atoms with Crippen LogP contribution in [-0.4, -0.2) is 11.0 Å². The Labute approximate surface area is 119 Å². The maximum atomic E-state index is 12.0. The molecule has 0 spiro atoms. The van der Waals surface area contributed by atoms with E-state index in [1.807, 2.05) is 0 Å². The molecule has 19 heavy (non-hydrogen) atoms. The van der Waals surface area contributed by atoms with Gasteiger partial charge in [0.25, 0.3) is 5.91 Å². The number of aromatic hydroxyl groups is 1. The minimum Gasteiger partial charge on any atom is -0.508 e. The predicted octanol–water partition coefficient (Wildman–Crippen LogP) is 3.30. The van der Waals surface area contributed by atoms with Crippen LogP contribution in [-0.2, 0) is 0 Å². The molecular weight excluding hydrogens is 308 g/mol. The number of amides is 1.